The van der Waals surface area contributed by atoms with Crippen LogP contribution in [0.4, 0.5) is 5.95 Å². The van der Waals surface area contributed by atoms with Crippen molar-refractivity contribution in [1.29, 1.82) is 0 Å². The molecule has 4 rings (SSSR count). The summed E-state index contributed by atoms with van der Waals surface area (Å²) in [5.41, 5.74) is 1.44. The molecule has 1 saturated heterocycles. The fraction of sp³-hybridized carbons (Fsp3) is 0.360. The second-order valence-electron chi connectivity index (χ2n) is 8.19. The summed E-state index contributed by atoms with van der Waals surface area (Å²) in [4.78, 5) is 21.8. The van der Waals surface area contributed by atoms with Crippen LogP contribution in [0.2, 0.25) is 0 Å². The highest BCUT2D eigenvalue weighted by Crippen LogP contribution is 2.23. The van der Waals surface area contributed by atoms with Crippen molar-refractivity contribution in [1.82, 2.24) is 18.8 Å². The highest BCUT2D eigenvalue weighted by Gasteiger charge is 2.26. The van der Waals surface area contributed by atoms with Crippen molar-refractivity contribution in [2.45, 2.75) is 18.7 Å². The number of methoxy groups -OCH3 is 1. The van der Waals surface area contributed by atoms with Crippen LogP contribution in [0, 0.1) is 0 Å². The molecule has 10 heteroatoms. The molecule has 0 spiro atoms. The van der Waals surface area contributed by atoms with Crippen LogP contribution in [0.3, 0.4) is 0 Å². The summed E-state index contributed by atoms with van der Waals surface area (Å²) in [6.07, 6.45) is 3.68. The van der Waals surface area contributed by atoms with Crippen molar-refractivity contribution in [3.63, 3.8) is 0 Å². The number of carbonyl (C=O) groups excluding carboxylic acids is 1. The maximum Gasteiger partial charge on any atom is 0.253 e. The Balaban J connectivity index is 1.43. The van der Waals surface area contributed by atoms with Crippen LogP contribution in [0.15, 0.2) is 65.8 Å². The van der Waals surface area contributed by atoms with E-state index in [2.05, 4.69) is 9.88 Å². The smallest absolute Gasteiger partial charge is 0.253 e. The highest BCUT2D eigenvalue weighted by atomic mass is 32.2. The van der Waals surface area contributed by atoms with Crippen molar-refractivity contribution in [2.75, 3.05) is 51.3 Å². The van der Waals surface area contributed by atoms with Gasteiger partial charge in [-0.1, -0.05) is 19.9 Å². The fourth-order valence-corrected chi connectivity index (χ4v) is 5.72. The number of nitrogens with zero attached hydrogens (tertiary/aromatic N) is 5. The molecule has 2 heterocycles. The van der Waals surface area contributed by atoms with Gasteiger partial charge in [-0.15, -0.1) is 0 Å². The van der Waals surface area contributed by atoms with Gasteiger partial charge in [0.05, 0.1) is 17.7 Å². The van der Waals surface area contributed by atoms with Crippen molar-refractivity contribution in [3.05, 3.63) is 66.5 Å². The van der Waals surface area contributed by atoms with E-state index in [1.165, 1.54) is 16.4 Å². The Hall–Kier alpha value is -3.37. The van der Waals surface area contributed by atoms with E-state index in [0.29, 0.717) is 44.8 Å². The van der Waals surface area contributed by atoms with E-state index in [-0.39, 0.29) is 10.8 Å². The average Bonchev–Trinajstić information content (AvgIpc) is 3.39. The van der Waals surface area contributed by atoms with E-state index < -0.39 is 10.0 Å². The van der Waals surface area contributed by atoms with E-state index in [0.717, 1.165) is 17.4 Å². The number of amides is 1. The molecule has 0 bridgehead atoms. The number of aromatic nitrogens is 2. The lowest BCUT2D eigenvalue weighted by Gasteiger charge is -2.35. The molecular weight excluding hydrogens is 466 g/mol. The topological polar surface area (TPSA) is 88.0 Å². The molecule has 0 saturated carbocycles. The molecule has 0 unspecified atom stereocenters. The first-order valence-corrected chi connectivity index (χ1v) is 13.1. The number of piperazine rings is 1. The standard InChI is InChI=1S/C25H31N5O4S/c1-4-29(5-2)35(32,33)23-11-9-20(10-12-23)24(31)27-15-17-28(18-16-27)25-26-13-14-30(25)21-7-6-8-22(19-21)34-3/h6-14,19H,4-5,15-18H2,1-3H3. The summed E-state index contributed by atoms with van der Waals surface area (Å²) in [7, 11) is -1.91. The molecule has 1 aliphatic heterocycles. The molecule has 9 nitrogen and oxygen atoms in total. The van der Waals surface area contributed by atoms with Crippen LogP contribution in [-0.4, -0.2) is 79.5 Å². The average molecular weight is 498 g/mol. The second-order valence-corrected chi connectivity index (χ2v) is 10.1. The summed E-state index contributed by atoms with van der Waals surface area (Å²) >= 11 is 0. The lowest BCUT2D eigenvalue weighted by Crippen LogP contribution is -2.49. The summed E-state index contributed by atoms with van der Waals surface area (Å²) in [6, 6.07) is 14.0. The van der Waals surface area contributed by atoms with E-state index in [4.69, 9.17) is 4.74 Å². The number of anilines is 1. The molecule has 3 aromatic rings. The van der Waals surface area contributed by atoms with Gasteiger partial charge in [-0.2, -0.15) is 4.31 Å². The summed E-state index contributed by atoms with van der Waals surface area (Å²) < 4.78 is 34.2. The Bertz CT molecular complexity index is 1260. The molecule has 1 aromatic heterocycles. The van der Waals surface area contributed by atoms with Crippen LogP contribution in [0.5, 0.6) is 5.75 Å². The predicted octanol–water partition coefficient (Wildman–Crippen LogP) is 2.87. The quantitative estimate of drug-likeness (QED) is 0.476. The second kappa shape index (κ2) is 10.5. The molecule has 186 valence electrons. The number of benzene rings is 2. The van der Waals surface area contributed by atoms with Crippen molar-refractivity contribution >= 4 is 21.9 Å². The predicted molar refractivity (Wildman–Crippen MR) is 135 cm³/mol. The Morgan fingerprint density at radius 3 is 2.34 bits per heavy atom. The van der Waals surface area contributed by atoms with Gasteiger partial charge < -0.3 is 14.5 Å². The van der Waals surface area contributed by atoms with Gasteiger partial charge in [-0.3, -0.25) is 9.36 Å². The number of hydrogen-bond acceptors (Lipinski definition) is 6. The molecule has 2 aromatic carbocycles. The number of ether oxygens (including phenoxy) is 1. The van der Waals surface area contributed by atoms with Crippen LogP contribution in [0.25, 0.3) is 5.69 Å². The third-order valence-electron chi connectivity index (χ3n) is 6.25. The van der Waals surface area contributed by atoms with E-state index in [1.54, 1.807) is 30.3 Å². The van der Waals surface area contributed by atoms with Crippen LogP contribution in [0.1, 0.15) is 24.2 Å². The van der Waals surface area contributed by atoms with Crippen molar-refractivity contribution in [2.24, 2.45) is 0 Å². The maximum atomic E-state index is 13.1. The lowest BCUT2D eigenvalue weighted by molar-refractivity contribution is 0.0746. The summed E-state index contributed by atoms with van der Waals surface area (Å²) in [6.45, 7) is 6.79. The van der Waals surface area contributed by atoms with E-state index in [9.17, 15) is 13.2 Å². The minimum atomic E-state index is -3.55. The van der Waals surface area contributed by atoms with Gasteiger partial charge >= 0.3 is 0 Å². The first-order valence-electron chi connectivity index (χ1n) is 11.7. The number of hydrogen-bond donors (Lipinski definition) is 0. The zero-order valence-corrected chi connectivity index (χ0v) is 21.1. The highest BCUT2D eigenvalue weighted by molar-refractivity contribution is 7.89. The Kier molecular flexibility index (Phi) is 7.42. The van der Waals surface area contributed by atoms with Gasteiger partial charge in [0, 0.05) is 63.3 Å². The van der Waals surface area contributed by atoms with Crippen LogP contribution < -0.4 is 9.64 Å². The number of sulfonamides is 1. The summed E-state index contributed by atoms with van der Waals surface area (Å²) in [5.74, 6) is 1.48. The Morgan fingerprint density at radius 2 is 1.71 bits per heavy atom. The molecule has 1 amide bonds. The first kappa shape index (κ1) is 24.7. The third kappa shape index (κ3) is 5.03. The Morgan fingerprint density at radius 1 is 1.03 bits per heavy atom. The van der Waals surface area contributed by atoms with Crippen LogP contribution in [-0.2, 0) is 10.0 Å². The molecule has 1 fully saturated rings. The molecule has 1 aliphatic rings. The van der Waals surface area contributed by atoms with Gasteiger partial charge in [-0.05, 0) is 36.4 Å². The zero-order chi connectivity index (χ0) is 25.0. The molecule has 0 N–H and O–H groups in total. The Labute approximate surface area is 206 Å². The van der Waals surface area contributed by atoms with Gasteiger partial charge in [0.25, 0.3) is 5.91 Å². The SMILES string of the molecule is CCN(CC)S(=O)(=O)c1ccc(C(=O)N2CCN(c3nccn3-c3cccc(OC)c3)CC2)cc1. The van der Waals surface area contributed by atoms with Crippen LogP contribution >= 0.6 is 0 Å². The third-order valence-corrected chi connectivity index (χ3v) is 8.31. The largest absolute Gasteiger partial charge is 0.497 e. The van der Waals surface area contributed by atoms with Crippen molar-refractivity contribution in [3.8, 4) is 11.4 Å². The molecular formula is C25H31N5O4S. The molecule has 0 aliphatic carbocycles. The molecule has 0 atom stereocenters. The first-order chi connectivity index (χ1) is 16.9. The zero-order valence-electron chi connectivity index (χ0n) is 20.3. The van der Waals surface area contributed by atoms with Gasteiger partial charge in [0.1, 0.15) is 5.75 Å². The minimum Gasteiger partial charge on any atom is -0.497 e. The fourth-order valence-electron chi connectivity index (χ4n) is 4.27. The van der Waals surface area contributed by atoms with Gasteiger partial charge in [0.2, 0.25) is 16.0 Å². The number of imidazole rings is 1. The molecule has 0 radical (unpaired) electrons. The molecule has 35 heavy (non-hydrogen) atoms. The normalized spacial score (nSPS) is 14.4. The van der Waals surface area contributed by atoms with Crippen molar-refractivity contribution < 1.29 is 17.9 Å². The number of carbonyl (C=O) groups is 1. The van der Waals surface area contributed by atoms with E-state index >= 15 is 0 Å². The lowest BCUT2D eigenvalue weighted by atomic mass is 10.2. The number of rotatable bonds is 8. The van der Waals surface area contributed by atoms with Gasteiger partial charge in [0.15, 0.2) is 0 Å². The minimum absolute atomic E-state index is 0.104. The van der Waals surface area contributed by atoms with Gasteiger partial charge in [-0.25, -0.2) is 13.4 Å². The monoisotopic (exact) mass is 497 g/mol. The maximum absolute atomic E-state index is 13.1. The summed E-state index contributed by atoms with van der Waals surface area (Å²) in [5, 5.41) is 0. The van der Waals surface area contributed by atoms with E-state index in [1.807, 2.05) is 48.9 Å².